The van der Waals surface area contributed by atoms with Gasteiger partial charge >= 0.3 is 0 Å². The van der Waals surface area contributed by atoms with Crippen LogP contribution in [-0.4, -0.2) is 11.2 Å². The molecule has 0 spiro atoms. The Hall–Kier alpha value is -1.08. The lowest BCUT2D eigenvalue weighted by atomic mass is 9.53. The molecule has 0 amide bonds. The van der Waals surface area contributed by atoms with Gasteiger partial charge in [0.15, 0.2) is 0 Å². The normalized spacial score (nSPS) is 43.5. The van der Waals surface area contributed by atoms with Crippen molar-refractivity contribution in [2.24, 2.45) is 40.4 Å². The molecule has 1 nitrogen and oxygen atoms in total. The van der Waals surface area contributed by atoms with Crippen LogP contribution in [0.2, 0.25) is 0 Å². The standard InChI is InChI=1S/C30H46O/c1-20-18-22(3)23(4)25(19-20)12-13-26-8-7-16-30(6)27(15-17-29(26,30)5)21(2)9-14-28(31)24-10-11-24/h9,12-14,20-22,24,27-28,31H,4,7-8,10-11,15-19H2,1-3,5-6H3/b14-9+,25-12+,26-13+/t20-,21+,22-,27-,28-,29-,30+/m0/s1. The van der Waals surface area contributed by atoms with Gasteiger partial charge in [0.1, 0.15) is 0 Å². The zero-order valence-corrected chi connectivity index (χ0v) is 20.8. The van der Waals surface area contributed by atoms with Gasteiger partial charge in [0.2, 0.25) is 0 Å². The highest BCUT2D eigenvalue weighted by atomic mass is 16.3. The van der Waals surface area contributed by atoms with Crippen LogP contribution in [0.25, 0.3) is 0 Å². The maximum Gasteiger partial charge on any atom is 0.0749 e. The molecule has 4 fully saturated rings. The molecule has 0 heterocycles. The van der Waals surface area contributed by atoms with Crippen molar-refractivity contribution in [2.45, 2.75) is 98.5 Å². The average molecular weight is 423 g/mol. The van der Waals surface area contributed by atoms with Crippen molar-refractivity contribution in [3.05, 3.63) is 47.6 Å². The quantitative estimate of drug-likeness (QED) is 0.445. The lowest BCUT2D eigenvalue weighted by Crippen LogP contribution is -2.42. The van der Waals surface area contributed by atoms with E-state index in [1.165, 1.54) is 68.9 Å². The Morgan fingerprint density at radius 2 is 1.81 bits per heavy atom. The van der Waals surface area contributed by atoms with Crippen LogP contribution in [-0.2, 0) is 0 Å². The summed E-state index contributed by atoms with van der Waals surface area (Å²) in [5.74, 6) is 3.17. The van der Waals surface area contributed by atoms with E-state index in [-0.39, 0.29) is 6.10 Å². The van der Waals surface area contributed by atoms with Crippen LogP contribution in [0.15, 0.2) is 47.6 Å². The van der Waals surface area contributed by atoms with Gasteiger partial charge in [-0.1, -0.05) is 71.1 Å². The first-order valence-corrected chi connectivity index (χ1v) is 13.1. The Kier molecular flexibility index (Phi) is 6.48. The van der Waals surface area contributed by atoms with Gasteiger partial charge in [-0.2, -0.15) is 0 Å². The molecule has 0 bridgehead atoms. The summed E-state index contributed by atoms with van der Waals surface area (Å²) in [6, 6.07) is 0. The monoisotopic (exact) mass is 422 g/mol. The van der Waals surface area contributed by atoms with Crippen molar-refractivity contribution < 1.29 is 5.11 Å². The molecular formula is C30H46O. The first kappa shape index (κ1) is 23.1. The molecule has 0 aliphatic heterocycles. The maximum atomic E-state index is 10.3. The number of hydrogen-bond acceptors (Lipinski definition) is 1. The second-order valence-electron chi connectivity index (χ2n) is 12.2. The van der Waals surface area contributed by atoms with Crippen molar-refractivity contribution in [1.82, 2.24) is 0 Å². The van der Waals surface area contributed by atoms with E-state index < -0.39 is 0 Å². The Labute approximate surface area is 191 Å². The fourth-order valence-corrected chi connectivity index (χ4v) is 7.52. The third kappa shape index (κ3) is 4.29. The van der Waals surface area contributed by atoms with Crippen LogP contribution < -0.4 is 0 Å². The molecular weight excluding hydrogens is 376 g/mol. The summed E-state index contributed by atoms with van der Waals surface area (Å²) >= 11 is 0. The van der Waals surface area contributed by atoms with Gasteiger partial charge in [0.25, 0.3) is 0 Å². The predicted molar refractivity (Wildman–Crippen MR) is 133 cm³/mol. The molecule has 4 rings (SSSR count). The van der Waals surface area contributed by atoms with E-state index in [1.807, 2.05) is 0 Å². The highest BCUT2D eigenvalue weighted by Gasteiger charge is 2.57. The second-order valence-corrected chi connectivity index (χ2v) is 12.2. The molecule has 4 aliphatic carbocycles. The summed E-state index contributed by atoms with van der Waals surface area (Å²) in [6.07, 6.45) is 20.6. The topological polar surface area (TPSA) is 20.2 Å². The summed E-state index contributed by atoms with van der Waals surface area (Å²) in [4.78, 5) is 0. The molecule has 0 radical (unpaired) electrons. The third-order valence-corrected chi connectivity index (χ3v) is 10.1. The van der Waals surface area contributed by atoms with Gasteiger partial charge in [0, 0.05) is 0 Å². The summed E-state index contributed by atoms with van der Waals surface area (Å²) in [5, 5.41) is 10.3. The summed E-state index contributed by atoms with van der Waals surface area (Å²) in [7, 11) is 0. The smallest absolute Gasteiger partial charge is 0.0749 e. The summed E-state index contributed by atoms with van der Waals surface area (Å²) in [5.41, 5.74) is 5.21. The second kappa shape index (κ2) is 8.69. The van der Waals surface area contributed by atoms with Gasteiger partial charge in [0.05, 0.1) is 6.10 Å². The van der Waals surface area contributed by atoms with Gasteiger partial charge in [-0.3, -0.25) is 0 Å². The van der Waals surface area contributed by atoms with E-state index in [0.717, 1.165) is 5.92 Å². The fourth-order valence-electron chi connectivity index (χ4n) is 7.52. The third-order valence-electron chi connectivity index (χ3n) is 10.1. The van der Waals surface area contributed by atoms with E-state index in [1.54, 1.807) is 5.57 Å². The molecule has 172 valence electrons. The zero-order chi connectivity index (χ0) is 22.4. The van der Waals surface area contributed by atoms with Gasteiger partial charge in [-0.15, -0.1) is 0 Å². The average Bonchev–Trinajstić information content (AvgIpc) is 3.52. The first-order valence-electron chi connectivity index (χ1n) is 13.1. The predicted octanol–water partition coefficient (Wildman–Crippen LogP) is 8.03. The Morgan fingerprint density at radius 1 is 1.06 bits per heavy atom. The molecule has 0 aromatic rings. The lowest BCUT2D eigenvalue weighted by Gasteiger charge is -2.51. The number of rotatable bonds is 5. The van der Waals surface area contributed by atoms with E-state index in [4.69, 9.17) is 0 Å². The molecule has 4 aliphatic rings. The van der Waals surface area contributed by atoms with E-state index in [9.17, 15) is 5.11 Å². The summed E-state index contributed by atoms with van der Waals surface area (Å²) < 4.78 is 0. The number of hydrogen-bond donors (Lipinski definition) is 1. The highest BCUT2D eigenvalue weighted by Crippen LogP contribution is 2.66. The molecule has 0 aromatic heterocycles. The molecule has 1 heteroatoms. The van der Waals surface area contributed by atoms with Crippen LogP contribution in [0.1, 0.15) is 92.4 Å². The van der Waals surface area contributed by atoms with E-state index in [0.29, 0.717) is 34.5 Å². The van der Waals surface area contributed by atoms with Crippen molar-refractivity contribution in [3.8, 4) is 0 Å². The van der Waals surface area contributed by atoms with E-state index in [2.05, 4.69) is 65.5 Å². The Balaban J connectivity index is 1.54. The number of allylic oxidation sites excluding steroid dienone is 6. The van der Waals surface area contributed by atoms with Crippen LogP contribution >= 0.6 is 0 Å². The largest absolute Gasteiger partial charge is 0.389 e. The summed E-state index contributed by atoms with van der Waals surface area (Å²) in [6.45, 7) is 16.7. The van der Waals surface area contributed by atoms with Crippen molar-refractivity contribution in [3.63, 3.8) is 0 Å². The van der Waals surface area contributed by atoms with Crippen molar-refractivity contribution in [1.29, 1.82) is 0 Å². The van der Waals surface area contributed by atoms with E-state index >= 15 is 0 Å². The lowest BCUT2D eigenvalue weighted by molar-refractivity contribution is 0.0455. The zero-order valence-electron chi connectivity index (χ0n) is 20.8. The van der Waals surface area contributed by atoms with Crippen LogP contribution in [0.3, 0.4) is 0 Å². The van der Waals surface area contributed by atoms with Gasteiger partial charge in [-0.05, 0) is 109 Å². The van der Waals surface area contributed by atoms with Crippen LogP contribution in [0.5, 0.6) is 0 Å². The fraction of sp³-hybridized carbons (Fsp3) is 0.733. The molecule has 0 saturated heterocycles. The highest BCUT2D eigenvalue weighted by molar-refractivity contribution is 5.38. The number of aliphatic hydroxyl groups excluding tert-OH is 1. The minimum atomic E-state index is -0.218. The first-order chi connectivity index (χ1) is 14.7. The SMILES string of the molecule is C=C1/C(=C/C=C2\CCC[C@]3(C)[C@H]([C@H](C)/C=C/[C@H](O)C4CC4)CC[C@@]23C)C[C@@H](C)C[C@@H]1C. The van der Waals surface area contributed by atoms with Crippen molar-refractivity contribution >= 4 is 0 Å². The van der Waals surface area contributed by atoms with Gasteiger partial charge < -0.3 is 5.11 Å². The van der Waals surface area contributed by atoms with Crippen LogP contribution in [0, 0.1) is 40.4 Å². The number of fused-ring (bicyclic) bond motifs is 1. The molecule has 1 N–H and O–H groups in total. The van der Waals surface area contributed by atoms with Crippen LogP contribution in [0.4, 0.5) is 0 Å². The number of aliphatic hydroxyl groups is 1. The minimum Gasteiger partial charge on any atom is -0.389 e. The molecule has 4 saturated carbocycles. The minimum absolute atomic E-state index is 0.218. The molecule has 7 atom stereocenters. The molecule has 0 unspecified atom stereocenters. The molecule has 0 aromatic carbocycles. The Morgan fingerprint density at radius 3 is 2.52 bits per heavy atom. The maximum absolute atomic E-state index is 10.3. The molecule has 31 heavy (non-hydrogen) atoms. The Bertz CT molecular complexity index is 780. The van der Waals surface area contributed by atoms with Gasteiger partial charge in [-0.25, -0.2) is 0 Å². The van der Waals surface area contributed by atoms with Crippen molar-refractivity contribution in [2.75, 3.05) is 0 Å².